The van der Waals surface area contributed by atoms with Gasteiger partial charge in [0.05, 0.1) is 131 Å². The van der Waals surface area contributed by atoms with Gasteiger partial charge in [0, 0.05) is 0 Å². The highest BCUT2D eigenvalue weighted by Gasteiger charge is 2.52. The lowest BCUT2D eigenvalue weighted by molar-refractivity contribution is -0.294. The third kappa shape index (κ3) is 22.2. The van der Waals surface area contributed by atoms with E-state index in [-0.39, 0.29) is 50.4 Å². The molecular weight excluding hydrogens is 915 g/mol. The van der Waals surface area contributed by atoms with Gasteiger partial charge in [-0.05, 0) is 35.4 Å². The fraction of sp³-hybridized carbons (Fsp3) is 0.500. The van der Waals surface area contributed by atoms with E-state index in [4.69, 9.17) is 77.5 Å². The van der Waals surface area contributed by atoms with Crippen LogP contribution in [0.2, 0.25) is 5.02 Å². The fourth-order valence-corrected chi connectivity index (χ4v) is 7.64. The molecule has 4 aromatic carbocycles. The van der Waals surface area contributed by atoms with E-state index in [2.05, 4.69) is 0 Å². The van der Waals surface area contributed by atoms with E-state index in [0.29, 0.717) is 85.0 Å². The molecule has 17 nitrogen and oxygen atoms in total. The molecule has 1 saturated heterocycles. The molecule has 0 amide bonds. The number of rotatable bonds is 37. The van der Waals surface area contributed by atoms with Crippen molar-refractivity contribution in [1.82, 2.24) is 0 Å². The van der Waals surface area contributed by atoms with E-state index < -0.39 is 45.1 Å². The Hall–Kier alpha value is -3.56. The maximum Gasteiger partial charge on any atom is 0.527 e. The van der Waals surface area contributed by atoms with E-state index in [9.17, 15) is 14.6 Å². The normalized spacial score (nSPS) is 19.2. The first-order valence-corrected chi connectivity index (χ1v) is 24.2. The number of benzene rings is 4. The third-order valence-electron chi connectivity index (χ3n) is 9.60. The summed E-state index contributed by atoms with van der Waals surface area (Å²) in [6.45, 7) is 5.23. The van der Waals surface area contributed by atoms with Crippen LogP contribution >= 0.6 is 19.4 Å². The Bertz CT molecular complexity index is 1890. The number of aliphatic hydroxyl groups is 1. The molecule has 1 heterocycles. The molecule has 0 aliphatic carbocycles. The Kier molecular flexibility index (Phi) is 26.8. The topological polar surface area (TPSA) is 187 Å². The number of ether oxygens (including phenoxy) is 12. The van der Waals surface area contributed by atoms with Gasteiger partial charge >= 0.3 is 7.82 Å². The molecular formula is C48H64ClO17P. The summed E-state index contributed by atoms with van der Waals surface area (Å²) in [7, 11) is -4.94. The first-order chi connectivity index (χ1) is 32.9. The Morgan fingerprint density at radius 2 is 0.896 bits per heavy atom. The monoisotopic (exact) mass is 978 g/mol. The second kappa shape index (κ2) is 33.1. The molecule has 1 fully saturated rings. The largest absolute Gasteiger partial charge is 0.527 e. The van der Waals surface area contributed by atoms with Crippen molar-refractivity contribution >= 4 is 19.4 Å². The first-order valence-electron chi connectivity index (χ1n) is 22.3. The first kappa shape index (κ1) is 54.4. The summed E-state index contributed by atoms with van der Waals surface area (Å²) in [6.07, 6.45) is -6.08. The van der Waals surface area contributed by atoms with Crippen molar-refractivity contribution in [3.63, 3.8) is 0 Å². The molecule has 1 aliphatic rings. The summed E-state index contributed by atoms with van der Waals surface area (Å²) in [5.74, 6) is 0.351. The zero-order valence-corrected chi connectivity index (χ0v) is 39.3. The Balaban J connectivity index is 1.08. The maximum absolute atomic E-state index is 13.6. The van der Waals surface area contributed by atoms with Crippen LogP contribution in [-0.4, -0.2) is 153 Å². The van der Waals surface area contributed by atoms with Gasteiger partial charge in [-0.1, -0.05) is 103 Å². The number of phosphoric ester groups is 1. The van der Waals surface area contributed by atoms with Crippen LogP contribution in [0, 0.1) is 0 Å². The van der Waals surface area contributed by atoms with Crippen molar-refractivity contribution in [3.8, 4) is 11.5 Å². The van der Waals surface area contributed by atoms with E-state index in [1.165, 1.54) is 12.1 Å². The molecule has 370 valence electrons. The van der Waals surface area contributed by atoms with Gasteiger partial charge in [0.25, 0.3) is 0 Å². The number of phosphoric acid groups is 1. The SMILES string of the molecule is O=P(O)(Oc1ccccc1Cl)O[C@H]1[C@H](OCCOCCOCCOCCOCc2ccccc2)[C@@H](OCCOCCOCCOCCOCc2ccccc2)C(Oc2ccccc2)O[C@@H]1CO. The summed E-state index contributed by atoms with van der Waals surface area (Å²) in [6, 6.07) is 34.8. The summed E-state index contributed by atoms with van der Waals surface area (Å²) in [5.41, 5.74) is 2.21. The van der Waals surface area contributed by atoms with Crippen LogP contribution in [0.1, 0.15) is 11.1 Å². The molecule has 6 atom stereocenters. The fourth-order valence-electron chi connectivity index (χ4n) is 6.40. The van der Waals surface area contributed by atoms with E-state index in [1.807, 2.05) is 66.7 Å². The molecule has 0 saturated carbocycles. The number of para-hydroxylation sites is 2. The summed E-state index contributed by atoms with van der Waals surface area (Å²) in [4.78, 5) is 11.0. The quantitative estimate of drug-likeness (QED) is 0.0378. The van der Waals surface area contributed by atoms with Crippen molar-refractivity contribution in [2.75, 3.05) is 112 Å². The second-order valence-corrected chi connectivity index (χ2v) is 16.4. The molecule has 5 rings (SSSR count). The molecule has 0 bridgehead atoms. The van der Waals surface area contributed by atoms with Crippen LogP contribution in [0.4, 0.5) is 0 Å². The molecule has 0 radical (unpaired) electrons. The highest BCUT2D eigenvalue weighted by molar-refractivity contribution is 7.47. The summed E-state index contributed by atoms with van der Waals surface area (Å²) < 4.78 is 94.9. The van der Waals surface area contributed by atoms with E-state index >= 15 is 0 Å². The van der Waals surface area contributed by atoms with Gasteiger partial charge in [0.1, 0.15) is 35.9 Å². The minimum absolute atomic E-state index is 0.0218. The van der Waals surface area contributed by atoms with Crippen LogP contribution in [0.25, 0.3) is 0 Å². The van der Waals surface area contributed by atoms with Crippen LogP contribution in [0.3, 0.4) is 0 Å². The van der Waals surface area contributed by atoms with Crippen molar-refractivity contribution in [2.24, 2.45) is 0 Å². The average molecular weight is 979 g/mol. The molecule has 4 aromatic rings. The number of aliphatic hydroxyl groups excluding tert-OH is 1. The van der Waals surface area contributed by atoms with Crippen molar-refractivity contribution < 1.29 is 80.5 Å². The second-order valence-electron chi connectivity index (χ2n) is 14.6. The highest BCUT2D eigenvalue weighted by Crippen LogP contribution is 2.49. The third-order valence-corrected chi connectivity index (χ3v) is 10.9. The van der Waals surface area contributed by atoms with Crippen LogP contribution < -0.4 is 9.26 Å². The highest BCUT2D eigenvalue weighted by atomic mass is 35.5. The molecule has 0 aromatic heterocycles. The van der Waals surface area contributed by atoms with Gasteiger partial charge in [-0.3, -0.25) is 9.42 Å². The molecule has 19 heteroatoms. The van der Waals surface area contributed by atoms with Crippen molar-refractivity contribution in [3.05, 3.63) is 131 Å². The lowest BCUT2D eigenvalue weighted by atomic mass is 9.98. The van der Waals surface area contributed by atoms with Crippen LogP contribution in [-0.2, 0) is 74.4 Å². The standard InChI is InChI=1S/C48H64ClO17P/c49-42-18-10-11-19-43(42)65-67(51,52)66-45-44(36-50)64-48(63-41-16-8-3-9-17-41)47(62-35-33-58-27-25-54-21-23-56-29-31-60-38-40-14-6-2-7-15-40)46(45)61-34-32-57-26-24-53-20-22-55-28-30-59-37-39-12-4-1-5-13-39/h1-19,44-48,50H,20-38H2,(H,51,52)/t44-,45-,46+,47-,48?/m1/s1. The maximum atomic E-state index is 13.6. The number of halogens is 1. The lowest BCUT2D eigenvalue weighted by Crippen LogP contribution is -2.62. The Morgan fingerprint density at radius 1 is 0.493 bits per heavy atom. The zero-order chi connectivity index (χ0) is 47.0. The van der Waals surface area contributed by atoms with Gasteiger partial charge in [-0.2, -0.15) is 0 Å². The van der Waals surface area contributed by atoms with E-state index in [0.717, 1.165) is 11.1 Å². The van der Waals surface area contributed by atoms with Gasteiger partial charge < -0.3 is 66.5 Å². The molecule has 2 unspecified atom stereocenters. The molecule has 67 heavy (non-hydrogen) atoms. The van der Waals surface area contributed by atoms with Crippen molar-refractivity contribution in [2.45, 2.75) is 43.9 Å². The minimum atomic E-state index is -4.94. The smallest absolute Gasteiger partial charge is 0.462 e. The van der Waals surface area contributed by atoms with Gasteiger partial charge in [0.15, 0.2) is 0 Å². The summed E-state index contributed by atoms with van der Waals surface area (Å²) >= 11 is 6.22. The average Bonchev–Trinajstić information content (AvgIpc) is 3.34. The lowest BCUT2D eigenvalue weighted by Gasteiger charge is -2.45. The Morgan fingerprint density at radius 3 is 1.36 bits per heavy atom. The number of hydrogen-bond acceptors (Lipinski definition) is 16. The van der Waals surface area contributed by atoms with Gasteiger partial charge in [0.2, 0.25) is 6.29 Å². The predicted molar refractivity (Wildman–Crippen MR) is 246 cm³/mol. The van der Waals surface area contributed by atoms with Crippen LogP contribution in [0.5, 0.6) is 11.5 Å². The minimum Gasteiger partial charge on any atom is -0.462 e. The van der Waals surface area contributed by atoms with E-state index in [1.54, 1.807) is 36.4 Å². The van der Waals surface area contributed by atoms with Gasteiger partial charge in [-0.15, -0.1) is 0 Å². The Labute approximate surface area is 397 Å². The zero-order valence-electron chi connectivity index (χ0n) is 37.6. The number of hydrogen-bond donors (Lipinski definition) is 2. The molecule has 0 spiro atoms. The van der Waals surface area contributed by atoms with Crippen molar-refractivity contribution in [1.29, 1.82) is 0 Å². The molecule has 2 N–H and O–H groups in total. The predicted octanol–water partition coefficient (Wildman–Crippen LogP) is 6.30. The van der Waals surface area contributed by atoms with Gasteiger partial charge in [-0.25, -0.2) is 4.57 Å². The summed E-state index contributed by atoms with van der Waals surface area (Å²) in [5, 5.41) is 10.6. The molecule has 1 aliphatic heterocycles. The van der Waals surface area contributed by atoms with Crippen LogP contribution in [0.15, 0.2) is 115 Å².